The number of rotatable bonds is 3. The Morgan fingerprint density at radius 2 is 2.17 bits per heavy atom. The Balaban J connectivity index is 1.73. The second-order valence-corrected chi connectivity index (χ2v) is 7.64. The zero-order valence-corrected chi connectivity index (χ0v) is 13.9. The molecule has 0 bridgehead atoms. The maximum atomic E-state index is 12.7. The van der Waals surface area contributed by atoms with Crippen LogP contribution in [0.25, 0.3) is 0 Å². The van der Waals surface area contributed by atoms with E-state index in [0.29, 0.717) is 24.5 Å². The van der Waals surface area contributed by atoms with Gasteiger partial charge in [-0.2, -0.15) is 0 Å². The molecule has 6 heteroatoms. The summed E-state index contributed by atoms with van der Waals surface area (Å²) in [6.07, 6.45) is 3.34. The van der Waals surface area contributed by atoms with Gasteiger partial charge in [0.05, 0.1) is 6.04 Å². The van der Waals surface area contributed by atoms with E-state index < -0.39 is 0 Å². The first kappa shape index (κ1) is 15.8. The van der Waals surface area contributed by atoms with Crippen LogP contribution in [0.1, 0.15) is 49.9 Å². The van der Waals surface area contributed by atoms with E-state index in [-0.39, 0.29) is 28.7 Å². The normalized spacial score (nSPS) is 22.2. The zero-order valence-electron chi connectivity index (χ0n) is 13.9. The van der Waals surface area contributed by atoms with Crippen LogP contribution in [0.4, 0.5) is 0 Å². The summed E-state index contributed by atoms with van der Waals surface area (Å²) in [5.74, 6) is 0.371. The van der Waals surface area contributed by atoms with Gasteiger partial charge in [0.15, 0.2) is 5.69 Å². The highest BCUT2D eigenvalue weighted by atomic mass is 16.5. The van der Waals surface area contributed by atoms with Crippen LogP contribution in [0.3, 0.4) is 0 Å². The van der Waals surface area contributed by atoms with Gasteiger partial charge in [0.1, 0.15) is 5.76 Å². The van der Waals surface area contributed by atoms with Crippen LogP contribution < -0.4 is 5.32 Å². The van der Waals surface area contributed by atoms with Gasteiger partial charge < -0.3 is 14.7 Å². The van der Waals surface area contributed by atoms with E-state index >= 15 is 0 Å². The van der Waals surface area contributed by atoms with Crippen molar-refractivity contribution in [3.05, 3.63) is 30.2 Å². The monoisotopic (exact) mass is 317 g/mol. The van der Waals surface area contributed by atoms with Crippen LogP contribution in [-0.2, 0) is 10.2 Å². The van der Waals surface area contributed by atoms with Crippen molar-refractivity contribution in [2.24, 2.45) is 5.41 Å². The van der Waals surface area contributed by atoms with E-state index in [2.05, 4.69) is 17.1 Å². The molecule has 1 aliphatic heterocycles. The molecule has 2 fully saturated rings. The van der Waals surface area contributed by atoms with Crippen molar-refractivity contribution in [3.63, 3.8) is 0 Å². The second kappa shape index (κ2) is 5.22. The van der Waals surface area contributed by atoms with Crippen LogP contribution >= 0.6 is 0 Å². The first-order chi connectivity index (χ1) is 10.7. The molecule has 2 heterocycles. The summed E-state index contributed by atoms with van der Waals surface area (Å²) in [6.45, 7) is 10.7. The maximum Gasteiger partial charge on any atom is 0.276 e. The Morgan fingerprint density at radius 1 is 1.48 bits per heavy atom. The Labute approximate surface area is 135 Å². The fourth-order valence-corrected chi connectivity index (χ4v) is 3.11. The first-order valence-electron chi connectivity index (χ1n) is 7.95. The van der Waals surface area contributed by atoms with Crippen LogP contribution in [-0.4, -0.2) is 41.0 Å². The number of nitrogens with one attached hydrogen (secondary N) is 1. The molecule has 1 N–H and O–H groups in total. The summed E-state index contributed by atoms with van der Waals surface area (Å²) in [5, 5.41) is 6.88. The molecule has 0 radical (unpaired) electrons. The van der Waals surface area contributed by atoms with Gasteiger partial charge in [0.2, 0.25) is 5.91 Å². The lowest BCUT2D eigenvalue weighted by Gasteiger charge is -2.17. The van der Waals surface area contributed by atoms with Gasteiger partial charge in [0.25, 0.3) is 5.91 Å². The van der Waals surface area contributed by atoms with Gasteiger partial charge in [-0.15, -0.1) is 0 Å². The lowest BCUT2D eigenvalue weighted by atomic mass is 9.93. The quantitative estimate of drug-likeness (QED) is 0.864. The Kier molecular flexibility index (Phi) is 3.58. The molecular formula is C17H23N3O3. The molecular weight excluding hydrogens is 294 g/mol. The van der Waals surface area contributed by atoms with Crippen molar-refractivity contribution in [1.29, 1.82) is 0 Å². The number of carbonyl (C=O) groups is 2. The minimum atomic E-state index is -0.188. The van der Waals surface area contributed by atoms with Crippen LogP contribution in [0.5, 0.6) is 0 Å². The molecule has 0 aromatic carbocycles. The molecule has 124 valence electrons. The van der Waals surface area contributed by atoms with E-state index in [9.17, 15) is 9.59 Å². The van der Waals surface area contributed by atoms with Gasteiger partial charge in [-0.05, 0) is 18.9 Å². The molecule has 1 unspecified atom stereocenters. The van der Waals surface area contributed by atoms with E-state index in [1.165, 1.54) is 6.08 Å². The number of likely N-dealkylation sites (tertiary alicyclic amines) is 1. The predicted octanol–water partition coefficient (Wildman–Crippen LogP) is 1.88. The summed E-state index contributed by atoms with van der Waals surface area (Å²) in [4.78, 5) is 26.0. The van der Waals surface area contributed by atoms with E-state index in [1.807, 2.05) is 20.8 Å². The molecule has 3 rings (SSSR count). The largest absolute Gasteiger partial charge is 0.360 e. The molecule has 23 heavy (non-hydrogen) atoms. The Hall–Kier alpha value is -2.11. The van der Waals surface area contributed by atoms with E-state index in [1.54, 1.807) is 11.0 Å². The minimum absolute atomic E-state index is 0.00839. The maximum absolute atomic E-state index is 12.7. The fourth-order valence-electron chi connectivity index (χ4n) is 3.11. The standard InChI is InChI=1S/C17H23N3O3/c1-5-14(21)18-12-9-20(10-17(12)6-7-17)15(22)11-8-13(23-19-11)16(2,3)4/h5,8,12H,1,6-7,9-10H2,2-4H3,(H,18,21). The number of aromatic nitrogens is 1. The SMILES string of the molecule is C=CC(=O)NC1CN(C(=O)c2cc(C(C)(C)C)on2)CC12CC2. The molecule has 1 saturated heterocycles. The van der Waals surface area contributed by atoms with Crippen LogP contribution in [0, 0.1) is 5.41 Å². The highest BCUT2D eigenvalue weighted by Crippen LogP contribution is 2.53. The van der Waals surface area contributed by atoms with Crippen molar-refractivity contribution in [1.82, 2.24) is 15.4 Å². The number of hydrogen-bond acceptors (Lipinski definition) is 4. The average Bonchev–Trinajstić information content (AvgIpc) is 2.95. The molecule has 1 saturated carbocycles. The highest BCUT2D eigenvalue weighted by Gasteiger charge is 2.56. The average molecular weight is 317 g/mol. The summed E-state index contributed by atoms with van der Waals surface area (Å²) in [6, 6.07) is 1.71. The van der Waals surface area contributed by atoms with E-state index in [0.717, 1.165) is 12.8 Å². The van der Waals surface area contributed by atoms with Crippen molar-refractivity contribution in [3.8, 4) is 0 Å². The lowest BCUT2D eigenvalue weighted by Crippen LogP contribution is -2.41. The van der Waals surface area contributed by atoms with Gasteiger partial charge in [-0.3, -0.25) is 9.59 Å². The van der Waals surface area contributed by atoms with Gasteiger partial charge >= 0.3 is 0 Å². The zero-order chi connectivity index (χ0) is 16.8. The summed E-state index contributed by atoms with van der Waals surface area (Å²) < 4.78 is 5.31. The third kappa shape index (κ3) is 2.90. The summed E-state index contributed by atoms with van der Waals surface area (Å²) >= 11 is 0. The van der Waals surface area contributed by atoms with Crippen molar-refractivity contribution in [2.75, 3.05) is 13.1 Å². The Bertz CT molecular complexity index is 652. The number of amides is 2. The molecule has 2 amide bonds. The summed E-state index contributed by atoms with van der Waals surface area (Å²) in [7, 11) is 0. The molecule has 1 aromatic heterocycles. The van der Waals surface area contributed by atoms with Gasteiger partial charge in [0, 0.05) is 30.0 Å². The highest BCUT2D eigenvalue weighted by molar-refractivity contribution is 5.93. The molecule has 1 atom stereocenters. The smallest absolute Gasteiger partial charge is 0.276 e. The molecule has 2 aliphatic rings. The first-order valence-corrected chi connectivity index (χ1v) is 7.95. The minimum Gasteiger partial charge on any atom is -0.360 e. The number of nitrogens with zero attached hydrogens (tertiary/aromatic N) is 2. The molecule has 1 spiro atoms. The van der Waals surface area contributed by atoms with Crippen LogP contribution in [0.15, 0.2) is 23.2 Å². The van der Waals surface area contributed by atoms with Crippen molar-refractivity contribution < 1.29 is 14.1 Å². The van der Waals surface area contributed by atoms with Crippen LogP contribution in [0.2, 0.25) is 0 Å². The Morgan fingerprint density at radius 3 is 2.70 bits per heavy atom. The molecule has 1 aromatic rings. The van der Waals surface area contributed by atoms with Gasteiger partial charge in [-0.1, -0.05) is 32.5 Å². The lowest BCUT2D eigenvalue weighted by molar-refractivity contribution is -0.117. The molecule has 1 aliphatic carbocycles. The number of hydrogen-bond donors (Lipinski definition) is 1. The van der Waals surface area contributed by atoms with Crippen molar-refractivity contribution in [2.45, 2.75) is 45.1 Å². The summed E-state index contributed by atoms with van der Waals surface area (Å²) in [5.41, 5.74) is 0.182. The third-order valence-corrected chi connectivity index (χ3v) is 4.80. The molecule has 6 nitrogen and oxygen atoms in total. The van der Waals surface area contributed by atoms with E-state index in [4.69, 9.17) is 4.52 Å². The predicted molar refractivity (Wildman–Crippen MR) is 84.9 cm³/mol. The number of carbonyl (C=O) groups excluding carboxylic acids is 2. The van der Waals surface area contributed by atoms with Crippen molar-refractivity contribution >= 4 is 11.8 Å². The fraction of sp³-hybridized carbons (Fsp3) is 0.588. The van der Waals surface area contributed by atoms with Gasteiger partial charge in [-0.25, -0.2) is 0 Å². The topological polar surface area (TPSA) is 75.4 Å². The third-order valence-electron chi connectivity index (χ3n) is 4.80. The second-order valence-electron chi connectivity index (χ2n) is 7.64.